The van der Waals surface area contributed by atoms with Gasteiger partial charge in [-0.05, 0) is 0 Å². The molecule has 0 saturated carbocycles. The van der Waals surface area contributed by atoms with Crippen LogP contribution in [0.3, 0.4) is 0 Å². The van der Waals surface area contributed by atoms with Crippen LogP contribution in [0.5, 0.6) is 0 Å². The average molecular weight is 354 g/mol. The number of fused-ring (bicyclic) bond motifs is 2. The van der Waals surface area contributed by atoms with Crippen LogP contribution in [0.15, 0.2) is 14.5 Å². The summed E-state index contributed by atoms with van der Waals surface area (Å²) in [5.74, 6) is -1.24. The molecule has 0 aliphatic carbocycles. The molecule has 3 aromatic rings. The molecule has 0 spiro atoms. The predicted octanol–water partition coefficient (Wildman–Crippen LogP) is -0.322. The molecule has 3 heterocycles. The van der Waals surface area contributed by atoms with Crippen LogP contribution in [0.25, 0.3) is 21.5 Å². The molecule has 0 aromatic carbocycles. The Morgan fingerprint density at radius 1 is 1.17 bits per heavy atom. The van der Waals surface area contributed by atoms with Crippen LogP contribution >= 0.6 is 11.3 Å². The number of rotatable bonds is 2. The largest absolute Gasteiger partial charge is 0.477 e. The SMILES string of the molecule is Cn1c(=O)c2nc3c([S@@](C)=O)c(C(=O)O)sc3nc2n(C)c1=O. The second-order valence-electron chi connectivity index (χ2n) is 4.77. The lowest BCUT2D eigenvalue weighted by Crippen LogP contribution is -2.37. The van der Waals surface area contributed by atoms with Gasteiger partial charge in [0.05, 0.1) is 15.7 Å². The molecule has 9 nitrogen and oxygen atoms in total. The van der Waals surface area contributed by atoms with Crippen molar-refractivity contribution in [3.05, 3.63) is 25.7 Å². The van der Waals surface area contributed by atoms with Crippen molar-refractivity contribution in [2.24, 2.45) is 14.1 Å². The zero-order chi connectivity index (χ0) is 17.0. The second kappa shape index (κ2) is 5.06. The van der Waals surface area contributed by atoms with Crippen molar-refractivity contribution in [2.75, 3.05) is 6.26 Å². The number of hydrogen-bond acceptors (Lipinski definition) is 7. The first-order chi connectivity index (χ1) is 10.7. The Morgan fingerprint density at radius 3 is 2.39 bits per heavy atom. The summed E-state index contributed by atoms with van der Waals surface area (Å²) in [4.78, 5) is 44.0. The molecule has 0 amide bonds. The first-order valence-corrected chi connectivity index (χ1v) is 8.58. The highest BCUT2D eigenvalue weighted by atomic mass is 32.2. The lowest BCUT2D eigenvalue weighted by molar-refractivity contribution is 0.0698. The maximum absolute atomic E-state index is 12.2. The van der Waals surface area contributed by atoms with Crippen molar-refractivity contribution in [1.29, 1.82) is 0 Å². The summed E-state index contributed by atoms with van der Waals surface area (Å²) in [6, 6.07) is 0. The molecular formula is C12H10N4O5S2. The third-order valence-corrected chi connectivity index (χ3v) is 5.51. The minimum Gasteiger partial charge on any atom is -0.477 e. The van der Waals surface area contributed by atoms with Gasteiger partial charge in [0.1, 0.15) is 15.2 Å². The zero-order valence-corrected chi connectivity index (χ0v) is 13.8. The van der Waals surface area contributed by atoms with Crippen molar-refractivity contribution in [3.8, 4) is 0 Å². The van der Waals surface area contributed by atoms with E-state index in [0.717, 1.165) is 20.5 Å². The van der Waals surface area contributed by atoms with Crippen LogP contribution in [-0.4, -0.2) is 40.6 Å². The summed E-state index contributed by atoms with van der Waals surface area (Å²) < 4.78 is 13.9. The van der Waals surface area contributed by atoms with Crippen molar-refractivity contribution in [3.63, 3.8) is 0 Å². The summed E-state index contributed by atoms with van der Waals surface area (Å²) in [6.07, 6.45) is 1.33. The monoisotopic (exact) mass is 354 g/mol. The Kier molecular flexibility index (Phi) is 3.41. The van der Waals surface area contributed by atoms with E-state index in [0.29, 0.717) is 0 Å². The first kappa shape index (κ1) is 15.5. The summed E-state index contributed by atoms with van der Waals surface area (Å²) in [6.45, 7) is 0. The normalized spacial score (nSPS) is 12.8. The van der Waals surface area contributed by atoms with E-state index in [-0.39, 0.29) is 31.3 Å². The van der Waals surface area contributed by atoms with Gasteiger partial charge in [-0.15, -0.1) is 11.3 Å². The highest BCUT2D eigenvalue weighted by molar-refractivity contribution is 7.84. The van der Waals surface area contributed by atoms with Gasteiger partial charge < -0.3 is 5.11 Å². The Hall–Kier alpha value is -2.40. The van der Waals surface area contributed by atoms with E-state index in [1.165, 1.54) is 20.4 Å². The van der Waals surface area contributed by atoms with Crippen molar-refractivity contribution >= 4 is 49.6 Å². The van der Waals surface area contributed by atoms with Crippen LogP contribution in [-0.2, 0) is 24.9 Å². The number of carboxylic acids is 1. The van der Waals surface area contributed by atoms with Gasteiger partial charge in [0.15, 0.2) is 11.2 Å². The van der Waals surface area contributed by atoms with E-state index in [4.69, 9.17) is 0 Å². The molecule has 23 heavy (non-hydrogen) atoms. The number of thiophene rings is 1. The van der Waals surface area contributed by atoms with E-state index in [1.807, 2.05) is 0 Å². The third-order valence-electron chi connectivity index (χ3n) is 3.35. The topological polar surface area (TPSA) is 124 Å². The summed E-state index contributed by atoms with van der Waals surface area (Å²) in [5.41, 5.74) is -1.13. The molecule has 0 bridgehead atoms. The fourth-order valence-electron chi connectivity index (χ4n) is 2.23. The molecule has 11 heteroatoms. The summed E-state index contributed by atoms with van der Waals surface area (Å²) in [7, 11) is 1.13. The summed E-state index contributed by atoms with van der Waals surface area (Å²) >= 11 is 0.809. The molecular weight excluding hydrogens is 344 g/mol. The van der Waals surface area contributed by atoms with Crippen LogP contribution in [0.1, 0.15) is 9.67 Å². The molecule has 0 aliphatic heterocycles. The quantitative estimate of drug-likeness (QED) is 0.668. The molecule has 1 atom stereocenters. The zero-order valence-electron chi connectivity index (χ0n) is 12.2. The van der Waals surface area contributed by atoms with Gasteiger partial charge in [0.25, 0.3) is 5.56 Å². The smallest absolute Gasteiger partial charge is 0.347 e. The minimum atomic E-state index is -1.62. The number of nitrogens with zero attached hydrogens (tertiary/aromatic N) is 4. The lowest BCUT2D eigenvalue weighted by atomic mass is 10.4. The molecule has 0 fully saturated rings. The van der Waals surface area contributed by atoms with E-state index in [9.17, 15) is 23.7 Å². The first-order valence-electron chi connectivity index (χ1n) is 6.21. The van der Waals surface area contributed by atoms with Crippen molar-refractivity contribution < 1.29 is 14.1 Å². The van der Waals surface area contributed by atoms with Crippen molar-refractivity contribution in [2.45, 2.75) is 4.90 Å². The third kappa shape index (κ3) is 2.11. The Bertz CT molecular complexity index is 1140. The molecule has 0 saturated heterocycles. The highest BCUT2D eigenvalue weighted by Crippen LogP contribution is 2.31. The number of aromatic carboxylic acids is 1. The molecule has 3 aromatic heterocycles. The van der Waals surface area contributed by atoms with Crippen LogP contribution in [0, 0.1) is 0 Å². The van der Waals surface area contributed by atoms with Crippen LogP contribution < -0.4 is 11.2 Å². The molecule has 0 unspecified atom stereocenters. The van der Waals surface area contributed by atoms with E-state index >= 15 is 0 Å². The maximum Gasteiger partial charge on any atom is 0.347 e. The van der Waals surface area contributed by atoms with Crippen molar-refractivity contribution in [1.82, 2.24) is 19.1 Å². The van der Waals surface area contributed by atoms with Crippen LogP contribution in [0.4, 0.5) is 0 Å². The highest BCUT2D eigenvalue weighted by Gasteiger charge is 2.24. The van der Waals surface area contributed by atoms with Gasteiger partial charge in [-0.2, -0.15) is 0 Å². The Labute approximate surface area is 134 Å². The minimum absolute atomic E-state index is 0.0304. The Balaban J connectivity index is 2.61. The van der Waals surface area contributed by atoms with E-state index in [2.05, 4.69) is 9.97 Å². The average Bonchev–Trinajstić information content (AvgIpc) is 2.88. The fourth-order valence-corrected chi connectivity index (χ4v) is 4.38. The van der Waals surface area contributed by atoms with Gasteiger partial charge in [0, 0.05) is 20.4 Å². The summed E-state index contributed by atoms with van der Waals surface area (Å²) in [5, 5.41) is 9.25. The van der Waals surface area contributed by atoms with Gasteiger partial charge >= 0.3 is 11.7 Å². The fraction of sp³-hybridized carbons (Fsp3) is 0.250. The number of carboxylic acid groups (broad SMARTS) is 1. The maximum atomic E-state index is 12.2. The molecule has 0 aliphatic rings. The predicted molar refractivity (Wildman–Crippen MR) is 84.7 cm³/mol. The number of carbonyl (C=O) groups is 1. The van der Waals surface area contributed by atoms with Gasteiger partial charge in [-0.3, -0.25) is 18.1 Å². The van der Waals surface area contributed by atoms with E-state index < -0.39 is 28.0 Å². The lowest BCUT2D eigenvalue weighted by Gasteiger charge is -2.05. The van der Waals surface area contributed by atoms with Gasteiger partial charge in [0.2, 0.25) is 0 Å². The molecule has 3 rings (SSSR count). The number of aryl methyl sites for hydroxylation is 1. The number of hydrogen-bond donors (Lipinski definition) is 1. The Morgan fingerprint density at radius 2 is 1.83 bits per heavy atom. The molecule has 1 N–H and O–H groups in total. The number of aromatic nitrogens is 4. The molecule has 120 valence electrons. The second-order valence-corrected chi connectivity index (χ2v) is 7.09. The van der Waals surface area contributed by atoms with Gasteiger partial charge in [-0.1, -0.05) is 0 Å². The van der Waals surface area contributed by atoms with Crippen LogP contribution in [0.2, 0.25) is 0 Å². The van der Waals surface area contributed by atoms with Gasteiger partial charge in [-0.25, -0.2) is 19.6 Å². The van der Waals surface area contributed by atoms with E-state index in [1.54, 1.807) is 0 Å². The molecule has 0 radical (unpaired) electrons. The standard InChI is InChI=1S/C12H10N4O5S2/c1-15-8-5(10(17)16(2)12(15)20)13-4-7(23(3)21)6(11(18)19)22-9(4)14-8/h1-3H3,(H,18,19)/t23-/m1/s1.